The third-order valence-electron chi connectivity index (χ3n) is 0.549. The van der Waals surface area contributed by atoms with Crippen molar-refractivity contribution in [3.05, 3.63) is 0 Å². The summed E-state index contributed by atoms with van der Waals surface area (Å²) in [6.45, 7) is 0. The van der Waals surface area contributed by atoms with Gasteiger partial charge in [-0.15, -0.1) is 0 Å². The predicted octanol–water partition coefficient (Wildman–Crippen LogP) is -2.53. The molecule has 14 heteroatoms. The summed E-state index contributed by atoms with van der Waals surface area (Å²) < 4.78 is 0. The summed E-state index contributed by atoms with van der Waals surface area (Å²) in [4.78, 5) is 54.6. The van der Waals surface area contributed by atoms with Gasteiger partial charge in [-0.2, -0.15) is 0 Å². The van der Waals surface area contributed by atoms with Gasteiger partial charge in [-0.25, -0.2) is 28.8 Å². The van der Waals surface area contributed by atoms with Crippen LogP contribution in [-0.4, -0.2) is 66.5 Å². The first-order valence-corrected chi connectivity index (χ1v) is 3.32. The van der Waals surface area contributed by atoms with E-state index in [9.17, 15) is 0 Å². The fraction of sp³-hybridized carbons (Fsp3) is 0. The Morgan fingerprint density at radius 1 is 0.350 bits per heavy atom. The van der Waals surface area contributed by atoms with Crippen molar-refractivity contribution in [3.63, 3.8) is 0 Å². The first-order chi connectivity index (χ1) is 7.93. The first kappa shape index (κ1) is 31.7. The molecule has 118 valence electrons. The summed E-state index contributed by atoms with van der Waals surface area (Å²) in [5.41, 5.74) is 0. The van der Waals surface area contributed by atoms with Gasteiger partial charge in [0.25, 0.3) is 0 Å². The van der Waals surface area contributed by atoms with Gasteiger partial charge >= 0.3 is 35.8 Å². The number of aliphatic carboxylic acids is 6. The molecule has 0 amide bonds. The molecule has 0 aliphatic heterocycles. The Balaban J connectivity index is -0.0000000536. The van der Waals surface area contributed by atoms with Crippen LogP contribution in [0.1, 0.15) is 0 Å². The number of hydrogen-bond acceptors (Lipinski definition) is 6. The Bertz CT molecular complexity index is 281. The van der Waals surface area contributed by atoms with E-state index in [-0.39, 0.29) is 79.9 Å². The third kappa shape index (κ3) is 36.0. The van der Waals surface area contributed by atoms with Crippen molar-refractivity contribution in [2.45, 2.75) is 0 Å². The van der Waals surface area contributed by atoms with E-state index in [1.165, 1.54) is 0 Å². The average Bonchev–Trinajstić information content (AvgIpc) is 2.18. The summed E-state index contributed by atoms with van der Waals surface area (Å²) in [7, 11) is 0. The van der Waals surface area contributed by atoms with Crippen LogP contribution in [0.3, 0.4) is 0 Å². The normalized spacial score (nSPS) is 6.60. The van der Waals surface area contributed by atoms with Gasteiger partial charge in [0.15, 0.2) is 0 Å². The third-order valence-corrected chi connectivity index (χ3v) is 0.549. The molecular formula is C6H6Gd2O12. The Labute approximate surface area is 173 Å². The second kappa shape index (κ2) is 18.5. The Morgan fingerprint density at radius 3 is 0.400 bits per heavy atom. The van der Waals surface area contributed by atoms with Crippen LogP contribution in [0.5, 0.6) is 0 Å². The molecule has 0 atom stereocenters. The Kier molecular flexibility index (Phi) is 29.3. The second-order valence-corrected chi connectivity index (χ2v) is 1.83. The minimum Gasteiger partial charge on any atom is -0.473 e. The maximum absolute atomic E-state index is 9.10. The molecule has 0 fully saturated rings. The van der Waals surface area contributed by atoms with E-state index in [2.05, 4.69) is 0 Å². The van der Waals surface area contributed by atoms with E-state index in [1.807, 2.05) is 0 Å². The van der Waals surface area contributed by atoms with Crippen LogP contribution in [0.2, 0.25) is 0 Å². The molecule has 0 saturated carbocycles. The molecule has 0 aliphatic carbocycles. The predicted molar refractivity (Wildman–Crippen MR) is 45.8 cm³/mol. The molecule has 6 N–H and O–H groups in total. The standard InChI is InChI=1S/3C2H2O4.2Gd/c3*3-1(4)2(5)6;;/h3*(H,3,4)(H,5,6);;. The molecule has 0 heterocycles. The van der Waals surface area contributed by atoms with Crippen molar-refractivity contribution >= 4 is 35.8 Å². The molecule has 0 aromatic heterocycles. The molecule has 0 radical (unpaired) electrons. The van der Waals surface area contributed by atoms with Crippen LogP contribution < -0.4 is 0 Å². The number of carbonyl (C=O) groups is 6. The molecule has 0 saturated heterocycles. The monoisotopic (exact) mass is 586 g/mol. The topological polar surface area (TPSA) is 224 Å². The molecule has 0 spiro atoms. The maximum Gasteiger partial charge on any atom is 0.414 e. The smallest absolute Gasteiger partial charge is 0.414 e. The second-order valence-electron chi connectivity index (χ2n) is 1.83. The van der Waals surface area contributed by atoms with Crippen molar-refractivity contribution in [2.75, 3.05) is 0 Å². The molecule has 0 unspecified atom stereocenters. The van der Waals surface area contributed by atoms with Crippen LogP contribution in [0.25, 0.3) is 0 Å². The van der Waals surface area contributed by atoms with Crippen molar-refractivity contribution in [1.82, 2.24) is 0 Å². The van der Waals surface area contributed by atoms with E-state index in [0.29, 0.717) is 0 Å². The zero-order chi connectivity index (χ0) is 15.5. The Hall–Kier alpha value is -0.531. The van der Waals surface area contributed by atoms with E-state index in [1.54, 1.807) is 0 Å². The Morgan fingerprint density at radius 2 is 0.400 bits per heavy atom. The zero-order valence-corrected chi connectivity index (χ0v) is 13.4. The summed E-state index contributed by atoms with van der Waals surface area (Å²) in [6, 6.07) is 0. The minimum absolute atomic E-state index is 0. The number of hydrogen-bond donors (Lipinski definition) is 6. The van der Waals surface area contributed by atoms with Gasteiger partial charge in [0, 0.05) is 79.9 Å². The van der Waals surface area contributed by atoms with Crippen LogP contribution in [-0.2, 0) is 28.8 Å². The van der Waals surface area contributed by atoms with Crippen LogP contribution >= 0.6 is 0 Å². The van der Waals surface area contributed by atoms with Gasteiger partial charge in [0.1, 0.15) is 0 Å². The number of carboxylic acid groups (broad SMARTS) is 6. The molecule has 0 bridgehead atoms. The summed E-state index contributed by atoms with van der Waals surface area (Å²) in [5.74, 6) is -10.9. The summed E-state index contributed by atoms with van der Waals surface area (Å²) in [5, 5.41) is 44.3. The number of rotatable bonds is 0. The largest absolute Gasteiger partial charge is 0.473 e. The molecule has 0 aromatic carbocycles. The van der Waals surface area contributed by atoms with Crippen LogP contribution in [0.15, 0.2) is 0 Å². The van der Waals surface area contributed by atoms with Crippen molar-refractivity contribution < 1.29 is 139 Å². The van der Waals surface area contributed by atoms with Crippen LogP contribution in [0.4, 0.5) is 0 Å². The zero-order valence-electron chi connectivity index (χ0n) is 8.84. The van der Waals surface area contributed by atoms with Gasteiger partial charge in [0.05, 0.1) is 0 Å². The van der Waals surface area contributed by atoms with E-state index >= 15 is 0 Å². The van der Waals surface area contributed by atoms with Gasteiger partial charge in [-0.1, -0.05) is 0 Å². The summed E-state index contributed by atoms with van der Waals surface area (Å²) >= 11 is 0. The van der Waals surface area contributed by atoms with E-state index < -0.39 is 35.8 Å². The fourth-order valence-corrected chi connectivity index (χ4v) is 0. The maximum atomic E-state index is 9.10. The SMILES string of the molecule is O=C(O)C(=O)O.O=C(O)C(=O)O.O=C(O)C(=O)O.[Gd].[Gd]. The van der Waals surface area contributed by atoms with E-state index in [0.717, 1.165) is 0 Å². The molecule has 12 nitrogen and oxygen atoms in total. The van der Waals surface area contributed by atoms with E-state index in [4.69, 9.17) is 59.4 Å². The average molecular weight is 585 g/mol. The first-order valence-electron chi connectivity index (χ1n) is 3.32. The van der Waals surface area contributed by atoms with Crippen molar-refractivity contribution in [2.24, 2.45) is 0 Å². The quantitative estimate of drug-likeness (QED) is 0.162. The van der Waals surface area contributed by atoms with Crippen molar-refractivity contribution in [1.29, 1.82) is 0 Å². The number of carboxylic acids is 6. The van der Waals surface area contributed by atoms with Crippen molar-refractivity contribution in [3.8, 4) is 0 Å². The fourth-order valence-electron chi connectivity index (χ4n) is 0. The van der Waals surface area contributed by atoms with Gasteiger partial charge in [-0.3, -0.25) is 0 Å². The molecule has 20 heavy (non-hydrogen) atoms. The molecule has 0 rings (SSSR count). The molecule has 0 aromatic rings. The minimum atomic E-state index is -1.82. The molecular weight excluding hydrogens is 579 g/mol. The van der Waals surface area contributed by atoms with Gasteiger partial charge < -0.3 is 30.6 Å². The summed E-state index contributed by atoms with van der Waals surface area (Å²) in [6.07, 6.45) is 0. The molecule has 0 aliphatic rings. The van der Waals surface area contributed by atoms with Crippen LogP contribution in [0, 0.1) is 79.9 Å². The van der Waals surface area contributed by atoms with Gasteiger partial charge in [0.2, 0.25) is 0 Å². The van der Waals surface area contributed by atoms with Gasteiger partial charge in [-0.05, 0) is 0 Å².